The number of pyridine rings is 1. The molecule has 3 amide bonds. The number of nitrogens with zero attached hydrogens (tertiary/aromatic N) is 5. The molecule has 0 spiro atoms. The van der Waals surface area contributed by atoms with Crippen molar-refractivity contribution in [1.29, 1.82) is 0 Å². The maximum Gasteiger partial charge on any atom is 0.319 e. The summed E-state index contributed by atoms with van der Waals surface area (Å²) in [4.78, 5) is 94.2. The Bertz CT molecular complexity index is 2300. The van der Waals surface area contributed by atoms with Gasteiger partial charge in [0.05, 0.1) is 84.8 Å². The van der Waals surface area contributed by atoms with Crippen molar-refractivity contribution in [2.75, 3.05) is 137 Å². The number of urea groups is 1. The van der Waals surface area contributed by atoms with Crippen molar-refractivity contribution in [3.05, 3.63) is 81.8 Å². The first-order valence-corrected chi connectivity index (χ1v) is 24.1. The Kier molecular flexibility index (Phi) is 25.4. The van der Waals surface area contributed by atoms with E-state index in [9.17, 15) is 54.0 Å². The predicted octanol–water partition coefficient (Wildman–Crippen LogP) is 1.34. The number of para-hydroxylation sites is 1. The van der Waals surface area contributed by atoms with Gasteiger partial charge in [-0.25, -0.2) is 4.79 Å². The first-order valence-electron chi connectivity index (χ1n) is 24.1. The van der Waals surface area contributed by atoms with Gasteiger partial charge in [0.15, 0.2) is 11.4 Å². The van der Waals surface area contributed by atoms with Crippen LogP contribution in [0.25, 0.3) is 0 Å². The van der Waals surface area contributed by atoms with Gasteiger partial charge in [-0.15, -0.1) is 0 Å². The molecule has 1 unspecified atom stereocenters. The Hall–Kier alpha value is -6.83. The zero-order valence-corrected chi connectivity index (χ0v) is 41.8. The standard InChI is InChI=1S/C49H70N8O16/c1-4-71-38-11-8-10-36(27-38)39(28-42(59)60)51-49(68)52-46-47(35(3)29-57(48(46)67)30-37-9-6-7-12-40(37)72-5-2)73-26-25-70-24-23-69-22-13-50-41(58)31-53-14-16-54(32-43(61)62)18-20-56(34-45(65)66)21-19-55(17-15-53)33-44(63)64/h6-12,27,29,39H,4-5,13-26,28,30-34H2,1-3H3,(H,50,58)(H,59,60)(H,61,62)(H,63,64)(H,65,66)(H2,51,52,68). The second-order valence-corrected chi connectivity index (χ2v) is 17.0. The number of anilines is 1. The Morgan fingerprint density at radius 3 is 1.75 bits per heavy atom. The van der Waals surface area contributed by atoms with Gasteiger partial charge in [0.2, 0.25) is 5.91 Å². The van der Waals surface area contributed by atoms with Crippen LogP contribution in [-0.4, -0.2) is 212 Å². The van der Waals surface area contributed by atoms with Crippen molar-refractivity contribution in [2.45, 2.75) is 39.8 Å². The van der Waals surface area contributed by atoms with E-state index in [0.717, 1.165) is 5.56 Å². The van der Waals surface area contributed by atoms with E-state index in [2.05, 4.69) is 16.0 Å². The number of carboxylic acid groups (broad SMARTS) is 4. The van der Waals surface area contributed by atoms with Crippen LogP contribution in [0.5, 0.6) is 17.2 Å². The average molecular weight is 1030 g/mol. The highest BCUT2D eigenvalue weighted by molar-refractivity contribution is 5.91. The van der Waals surface area contributed by atoms with Crippen molar-refractivity contribution in [3.8, 4) is 17.2 Å². The molecule has 1 fully saturated rings. The third-order valence-electron chi connectivity index (χ3n) is 11.3. The van der Waals surface area contributed by atoms with Crippen molar-refractivity contribution < 1.29 is 72.9 Å². The Morgan fingerprint density at radius 2 is 1.19 bits per heavy atom. The Balaban J connectivity index is 1.31. The molecule has 73 heavy (non-hydrogen) atoms. The summed E-state index contributed by atoms with van der Waals surface area (Å²) in [6.45, 7) is 8.31. The number of carboxylic acids is 4. The smallest absolute Gasteiger partial charge is 0.319 e. The van der Waals surface area contributed by atoms with Gasteiger partial charge in [0, 0.05) is 76.2 Å². The van der Waals surface area contributed by atoms with Gasteiger partial charge in [-0.2, -0.15) is 0 Å². The maximum atomic E-state index is 14.2. The number of aromatic nitrogens is 1. The summed E-state index contributed by atoms with van der Waals surface area (Å²) in [6.07, 6.45) is 1.15. The summed E-state index contributed by atoms with van der Waals surface area (Å²) >= 11 is 0. The number of hydrogen-bond acceptors (Lipinski definition) is 16. The molecular formula is C49H70N8O16. The van der Waals surface area contributed by atoms with Crippen LogP contribution in [-0.2, 0) is 40.0 Å². The zero-order valence-electron chi connectivity index (χ0n) is 41.8. The van der Waals surface area contributed by atoms with Gasteiger partial charge in [-0.1, -0.05) is 30.3 Å². The fraction of sp³-hybridized carbons (Fsp3) is 0.531. The molecule has 1 atom stereocenters. The Morgan fingerprint density at radius 1 is 0.644 bits per heavy atom. The normalized spacial score (nSPS) is 14.7. The molecule has 0 bridgehead atoms. The average Bonchev–Trinajstić information content (AvgIpc) is 3.32. The number of hydrogen-bond donors (Lipinski definition) is 7. The van der Waals surface area contributed by atoms with Crippen molar-refractivity contribution in [1.82, 2.24) is 34.8 Å². The number of rotatable bonds is 29. The minimum atomic E-state index is -1.16. The second kappa shape index (κ2) is 31.6. The van der Waals surface area contributed by atoms with E-state index in [1.807, 2.05) is 36.9 Å². The van der Waals surface area contributed by atoms with Crippen LogP contribution < -0.4 is 35.7 Å². The number of aryl methyl sites for hydroxylation is 1. The number of carbonyl (C=O) groups excluding carboxylic acids is 2. The fourth-order valence-corrected chi connectivity index (χ4v) is 7.87. The van der Waals surface area contributed by atoms with E-state index in [1.54, 1.807) is 58.2 Å². The molecule has 2 heterocycles. The number of amides is 3. The minimum absolute atomic E-state index is 0.0303. The largest absolute Gasteiger partial charge is 0.494 e. The van der Waals surface area contributed by atoms with Gasteiger partial charge in [-0.3, -0.25) is 48.4 Å². The molecule has 3 aromatic rings. The lowest BCUT2D eigenvalue weighted by Gasteiger charge is -2.32. The van der Waals surface area contributed by atoms with Crippen molar-refractivity contribution >= 4 is 41.5 Å². The summed E-state index contributed by atoms with van der Waals surface area (Å²) < 4.78 is 30.2. The molecule has 0 saturated carbocycles. The van der Waals surface area contributed by atoms with Gasteiger partial charge < -0.3 is 64.6 Å². The van der Waals surface area contributed by atoms with E-state index in [-0.39, 0.29) is 129 Å². The number of aliphatic carboxylic acids is 4. The monoisotopic (exact) mass is 1030 g/mol. The van der Waals surface area contributed by atoms with E-state index < -0.39 is 47.9 Å². The van der Waals surface area contributed by atoms with Gasteiger partial charge in [0.1, 0.15) is 18.1 Å². The van der Waals surface area contributed by atoms with Crippen LogP contribution >= 0.6 is 0 Å². The molecule has 2 aromatic carbocycles. The van der Waals surface area contributed by atoms with Gasteiger partial charge in [-0.05, 0) is 44.5 Å². The highest BCUT2D eigenvalue weighted by atomic mass is 16.5. The molecule has 1 aliphatic rings. The van der Waals surface area contributed by atoms with E-state index in [0.29, 0.717) is 48.9 Å². The zero-order chi connectivity index (χ0) is 53.1. The van der Waals surface area contributed by atoms with Crippen LogP contribution in [0.15, 0.2) is 59.5 Å². The Labute approximate surface area is 423 Å². The predicted molar refractivity (Wildman–Crippen MR) is 266 cm³/mol. The van der Waals surface area contributed by atoms with E-state index in [4.69, 9.17) is 23.7 Å². The lowest BCUT2D eigenvalue weighted by atomic mass is 10.0. The van der Waals surface area contributed by atoms with Crippen LogP contribution in [0.4, 0.5) is 10.5 Å². The summed E-state index contributed by atoms with van der Waals surface area (Å²) in [7, 11) is 0. The fourth-order valence-electron chi connectivity index (χ4n) is 7.87. The highest BCUT2D eigenvalue weighted by Crippen LogP contribution is 2.28. The number of nitrogens with one attached hydrogen (secondary N) is 3. The molecule has 0 aliphatic carbocycles. The topological polar surface area (TPSA) is 301 Å². The van der Waals surface area contributed by atoms with Crippen LogP contribution in [0, 0.1) is 6.92 Å². The quantitative estimate of drug-likeness (QED) is 0.0483. The van der Waals surface area contributed by atoms with Crippen LogP contribution in [0.1, 0.15) is 43.0 Å². The third-order valence-corrected chi connectivity index (χ3v) is 11.3. The molecule has 1 aromatic heterocycles. The van der Waals surface area contributed by atoms with Gasteiger partial charge in [0.25, 0.3) is 5.56 Å². The first-order chi connectivity index (χ1) is 35.0. The van der Waals surface area contributed by atoms with Crippen molar-refractivity contribution in [2.24, 2.45) is 0 Å². The number of benzene rings is 2. The summed E-state index contributed by atoms with van der Waals surface area (Å²) in [5.74, 6) is -3.44. The minimum Gasteiger partial charge on any atom is -0.494 e. The lowest BCUT2D eigenvalue weighted by Crippen LogP contribution is -2.50. The third kappa shape index (κ3) is 21.8. The summed E-state index contributed by atoms with van der Waals surface area (Å²) in [5, 5.41) is 46.2. The lowest BCUT2D eigenvalue weighted by molar-refractivity contribution is -0.140. The van der Waals surface area contributed by atoms with Crippen molar-refractivity contribution in [3.63, 3.8) is 0 Å². The van der Waals surface area contributed by atoms with Crippen LogP contribution in [0.3, 0.4) is 0 Å². The molecular weight excluding hydrogens is 957 g/mol. The molecule has 0 radical (unpaired) electrons. The molecule has 24 nitrogen and oxygen atoms in total. The number of ether oxygens (including phenoxy) is 5. The summed E-state index contributed by atoms with van der Waals surface area (Å²) in [5.41, 5.74) is 0.944. The molecule has 402 valence electrons. The SMILES string of the molecule is CCOc1cccc(C(CC(=O)O)NC(=O)Nc2c(OCCOCCOCCNC(=O)CN3CCN(CC(=O)O)CCN(CC(=O)O)CCN(CC(=O)O)CC3)c(C)cn(Cc3ccccc3OCC)c2=O)c1. The highest BCUT2D eigenvalue weighted by Gasteiger charge is 2.24. The van der Waals surface area contributed by atoms with E-state index >= 15 is 0 Å². The second-order valence-electron chi connectivity index (χ2n) is 17.0. The van der Waals surface area contributed by atoms with E-state index in [1.165, 1.54) is 4.57 Å². The maximum absolute atomic E-state index is 14.2. The molecule has 24 heteroatoms. The molecule has 7 N–H and O–H groups in total. The molecule has 4 rings (SSSR count). The first kappa shape index (κ1) is 58.7. The molecule has 1 aliphatic heterocycles. The molecule has 1 saturated heterocycles. The number of carbonyl (C=O) groups is 6. The van der Waals surface area contributed by atoms with Crippen LogP contribution in [0.2, 0.25) is 0 Å². The summed E-state index contributed by atoms with van der Waals surface area (Å²) in [6, 6.07) is 12.1. The van der Waals surface area contributed by atoms with Gasteiger partial charge >= 0.3 is 29.9 Å².